The van der Waals surface area contributed by atoms with Crippen LogP contribution in [0.1, 0.15) is 35.8 Å². The summed E-state index contributed by atoms with van der Waals surface area (Å²) >= 11 is 5.77. The largest absolute Gasteiger partial charge is 0.452 e. The first-order valence-corrected chi connectivity index (χ1v) is 6.76. The molecule has 2 amide bonds. The zero-order chi connectivity index (χ0) is 15.4. The van der Waals surface area contributed by atoms with Gasteiger partial charge < -0.3 is 15.1 Å². The average Bonchev–Trinajstić information content (AvgIpc) is 2.84. The van der Waals surface area contributed by atoms with E-state index >= 15 is 0 Å². The summed E-state index contributed by atoms with van der Waals surface area (Å²) in [7, 11) is 0. The molecule has 0 spiro atoms. The molecular formula is C15H15ClN2O3. The van der Waals surface area contributed by atoms with E-state index in [2.05, 4.69) is 10.6 Å². The van der Waals surface area contributed by atoms with Crippen molar-refractivity contribution in [1.29, 1.82) is 0 Å². The van der Waals surface area contributed by atoms with Crippen molar-refractivity contribution >= 4 is 29.1 Å². The van der Waals surface area contributed by atoms with E-state index in [-0.39, 0.29) is 23.1 Å². The molecule has 0 aliphatic heterocycles. The fraction of sp³-hybridized carbons (Fsp3) is 0.200. The number of carbonyl (C=O) groups is 2. The molecule has 2 rings (SSSR count). The second-order valence-electron chi connectivity index (χ2n) is 4.61. The Labute approximate surface area is 127 Å². The third-order valence-corrected chi connectivity index (χ3v) is 3.21. The maximum Gasteiger partial charge on any atom is 0.256 e. The number of nitrogens with one attached hydrogen (secondary N) is 2. The molecule has 0 aliphatic carbocycles. The first-order valence-electron chi connectivity index (χ1n) is 6.39. The number of halogens is 1. The Bertz CT molecular complexity index is 666. The van der Waals surface area contributed by atoms with Gasteiger partial charge in [-0.1, -0.05) is 12.1 Å². The minimum absolute atomic E-state index is 0.0618. The number of hydrogen-bond acceptors (Lipinski definition) is 3. The van der Waals surface area contributed by atoms with Crippen LogP contribution in [-0.4, -0.2) is 11.8 Å². The summed E-state index contributed by atoms with van der Waals surface area (Å²) in [5, 5.41) is 5.59. The van der Waals surface area contributed by atoms with Crippen molar-refractivity contribution in [2.24, 2.45) is 0 Å². The summed E-state index contributed by atoms with van der Waals surface area (Å²) in [6, 6.07) is 8.55. The van der Waals surface area contributed by atoms with Crippen LogP contribution in [0, 0.1) is 0 Å². The highest BCUT2D eigenvalue weighted by Gasteiger charge is 2.16. The highest BCUT2D eigenvalue weighted by Crippen LogP contribution is 2.20. The van der Waals surface area contributed by atoms with Crippen molar-refractivity contribution in [3.05, 3.63) is 52.9 Å². The summed E-state index contributed by atoms with van der Waals surface area (Å²) < 4.78 is 4.89. The third kappa shape index (κ3) is 3.86. The number of anilines is 1. The summed E-state index contributed by atoms with van der Waals surface area (Å²) in [4.78, 5) is 23.1. The Hall–Kier alpha value is -2.27. The van der Waals surface area contributed by atoms with Crippen LogP contribution in [0.15, 0.2) is 41.0 Å². The van der Waals surface area contributed by atoms with E-state index in [1.165, 1.54) is 19.3 Å². The molecular weight excluding hydrogens is 292 g/mol. The Morgan fingerprint density at radius 1 is 1.29 bits per heavy atom. The molecule has 1 unspecified atom stereocenters. The standard InChI is InChI=1S/C15H15ClN2O3/c1-9(17-15(20)13-6-7-21-14(13)16)11-4-3-5-12(8-11)18-10(2)19/h3-9H,1-2H3,(H,17,20)(H,18,19). The number of rotatable bonds is 4. The molecule has 6 heteroatoms. The first-order chi connectivity index (χ1) is 9.97. The van der Waals surface area contributed by atoms with E-state index in [0.29, 0.717) is 11.3 Å². The van der Waals surface area contributed by atoms with Crippen molar-refractivity contribution in [3.8, 4) is 0 Å². The molecule has 110 valence electrons. The lowest BCUT2D eigenvalue weighted by Gasteiger charge is -2.15. The van der Waals surface area contributed by atoms with Gasteiger partial charge in [0.1, 0.15) is 0 Å². The van der Waals surface area contributed by atoms with Crippen LogP contribution in [0.5, 0.6) is 0 Å². The van der Waals surface area contributed by atoms with E-state index in [1.54, 1.807) is 6.07 Å². The predicted octanol–water partition coefficient (Wildman–Crippen LogP) is 3.38. The molecule has 0 saturated heterocycles. The van der Waals surface area contributed by atoms with Crippen molar-refractivity contribution in [3.63, 3.8) is 0 Å². The first kappa shape index (κ1) is 15.1. The molecule has 0 radical (unpaired) electrons. The predicted molar refractivity (Wildman–Crippen MR) is 80.3 cm³/mol. The van der Waals surface area contributed by atoms with Crippen LogP contribution in [0.3, 0.4) is 0 Å². The zero-order valence-electron chi connectivity index (χ0n) is 11.6. The van der Waals surface area contributed by atoms with Gasteiger partial charge in [-0.2, -0.15) is 0 Å². The van der Waals surface area contributed by atoms with Crippen molar-refractivity contribution in [2.45, 2.75) is 19.9 Å². The number of hydrogen-bond donors (Lipinski definition) is 2. The molecule has 0 aliphatic rings. The maximum atomic E-state index is 12.0. The van der Waals surface area contributed by atoms with Gasteiger partial charge in [0.05, 0.1) is 17.9 Å². The second-order valence-corrected chi connectivity index (χ2v) is 4.95. The fourth-order valence-electron chi connectivity index (χ4n) is 1.90. The van der Waals surface area contributed by atoms with Crippen LogP contribution >= 0.6 is 11.6 Å². The zero-order valence-corrected chi connectivity index (χ0v) is 12.4. The fourth-order valence-corrected chi connectivity index (χ4v) is 2.10. The van der Waals surface area contributed by atoms with E-state index in [0.717, 1.165) is 5.56 Å². The number of benzene rings is 1. The molecule has 5 nitrogen and oxygen atoms in total. The summed E-state index contributed by atoms with van der Waals surface area (Å²) in [6.07, 6.45) is 1.36. The average molecular weight is 307 g/mol. The van der Waals surface area contributed by atoms with Crippen LogP contribution in [-0.2, 0) is 4.79 Å². The van der Waals surface area contributed by atoms with Crippen LogP contribution in [0.2, 0.25) is 5.22 Å². The highest BCUT2D eigenvalue weighted by molar-refractivity contribution is 6.32. The van der Waals surface area contributed by atoms with E-state index in [1.807, 2.05) is 25.1 Å². The second kappa shape index (κ2) is 6.45. The van der Waals surface area contributed by atoms with E-state index < -0.39 is 0 Å². The van der Waals surface area contributed by atoms with Gasteiger partial charge in [0.2, 0.25) is 11.1 Å². The highest BCUT2D eigenvalue weighted by atomic mass is 35.5. The monoisotopic (exact) mass is 306 g/mol. The molecule has 1 aromatic heterocycles. The Morgan fingerprint density at radius 2 is 2.05 bits per heavy atom. The van der Waals surface area contributed by atoms with Gasteiger partial charge in [0.25, 0.3) is 5.91 Å². The minimum atomic E-state index is -0.314. The van der Waals surface area contributed by atoms with Gasteiger partial charge in [0.15, 0.2) is 0 Å². The lowest BCUT2D eigenvalue weighted by molar-refractivity contribution is -0.114. The molecule has 21 heavy (non-hydrogen) atoms. The van der Waals surface area contributed by atoms with Gasteiger partial charge >= 0.3 is 0 Å². The quantitative estimate of drug-likeness (QED) is 0.909. The van der Waals surface area contributed by atoms with E-state index in [9.17, 15) is 9.59 Å². The molecule has 2 aromatic rings. The topological polar surface area (TPSA) is 71.3 Å². The van der Waals surface area contributed by atoms with Crippen LogP contribution < -0.4 is 10.6 Å². The van der Waals surface area contributed by atoms with Gasteiger partial charge in [-0.05, 0) is 42.3 Å². The van der Waals surface area contributed by atoms with Crippen molar-refractivity contribution in [2.75, 3.05) is 5.32 Å². The Balaban J connectivity index is 2.10. The lowest BCUT2D eigenvalue weighted by Crippen LogP contribution is -2.26. The molecule has 1 heterocycles. The summed E-state index contributed by atoms with van der Waals surface area (Å²) in [6.45, 7) is 3.29. The normalized spacial score (nSPS) is 11.8. The molecule has 0 bridgehead atoms. The Morgan fingerprint density at radius 3 is 2.67 bits per heavy atom. The van der Waals surface area contributed by atoms with Gasteiger partial charge in [-0.3, -0.25) is 9.59 Å². The smallest absolute Gasteiger partial charge is 0.256 e. The SMILES string of the molecule is CC(=O)Nc1cccc(C(C)NC(=O)c2ccoc2Cl)c1. The number of carbonyl (C=O) groups excluding carboxylic acids is 2. The van der Waals surface area contributed by atoms with Gasteiger partial charge in [-0.25, -0.2) is 0 Å². The molecule has 0 saturated carbocycles. The molecule has 1 atom stereocenters. The van der Waals surface area contributed by atoms with Gasteiger partial charge in [-0.15, -0.1) is 0 Å². The van der Waals surface area contributed by atoms with Crippen LogP contribution in [0.4, 0.5) is 5.69 Å². The van der Waals surface area contributed by atoms with E-state index in [4.69, 9.17) is 16.0 Å². The Kier molecular flexibility index (Phi) is 4.65. The van der Waals surface area contributed by atoms with Crippen molar-refractivity contribution in [1.82, 2.24) is 5.32 Å². The molecule has 2 N–H and O–H groups in total. The van der Waals surface area contributed by atoms with Gasteiger partial charge in [0, 0.05) is 12.6 Å². The summed E-state index contributed by atoms with van der Waals surface area (Å²) in [5.74, 6) is -0.458. The molecule has 1 aromatic carbocycles. The number of amides is 2. The third-order valence-electron chi connectivity index (χ3n) is 2.92. The minimum Gasteiger partial charge on any atom is -0.452 e. The maximum absolute atomic E-state index is 12.0. The lowest BCUT2D eigenvalue weighted by atomic mass is 10.1. The van der Waals surface area contributed by atoms with Crippen LogP contribution in [0.25, 0.3) is 0 Å². The van der Waals surface area contributed by atoms with Crippen molar-refractivity contribution < 1.29 is 14.0 Å². The number of furan rings is 1. The summed E-state index contributed by atoms with van der Waals surface area (Å²) in [5.41, 5.74) is 1.85. The molecule has 0 fully saturated rings.